The van der Waals surface area contributed by atoms with Gasteiger partial charge >= 0.3 is 5.17 Å². The number of hydrogen-bond acceptors (Lipinski definition) is 3. The van der Waals surface area contributed by atoms with Crippen LogP contribution in [0.3, 0.4) is 0 Å². The number of thiocarbonyl (C=S) groups is 1. The third-order valence-corrected chi connectivity index (χ3v) is 4.10. The van der Waals surface area contributed by atoms with Gasteiger partial charge in [-0.15, -0.1) is 0 Å². The van der Waals surface area contributed by atoms with Gasteiger partial charge in [-0.2, -0.15) is 0 Å². The van der Waals surface area contributed by atoms with Crippen LogP contribution in [0.15, 0.2) is 0 Å². The minimum atomic E-state index is 1.03. The molecule has 0 aromatic rings. The number of nitrogens with zero attached hydrogens (tertiary/aromatic N) is 1. The first kappa shape index (κ1) is 7.89. The minimum Gasteiger partial charge on any atom is -0.268 e. The Hall–Kier alpha value is 0.260. The number of thioether (sulfide) groups is 2. The normalized spacial score (nSPS) is 31.1. The van der Waals surface area contributed by atoms with Crippen LogP contribution in [0, 0.1) is 0 Å². The topological polar surface area (TPSA) is 15.0 Å². The molecule has 0 unspecified atom stereocenters. The number of rotatable bonds is 0. The summed E-state index contributed by atoms with van der Waals surface area (Å²) in [5.41, 5.74) is 0. The highest BCUT2D eigenvalue weighted by Gasteiger charge is 2.26. The molecule has 0 aliphatic carbocycles. The van der Waals surface area contributed by atoms with Gasteiger partial charge in [0.25, 0.3) is 0 Å². The molecule has 0 spiro atoms. The Morgan fingerprint density at radius 1 is 1.36 bits per heavy atom. The molecule has 0 saturated carbocycles. The maximum atomic E-state index is 5.19. The summed E-state index contributed by atoms with van der Waals surface area (Å²) in [6.45, 7) is 2.17. The SMILES string of the molecule is S=C1SCC/[N+]1=C1\NCCS1. The molecule has 11 heavy (non-hydrogen) atoms. The van der Waals surface area contributed by atoms with Crippen LogP contribution in [-0.2, 0) is 0 Å². The van der Waals surface area contributed by atoms with Crippen molar-refractivity contribution in [1.29, 1.82) is 0 Å². The fourth-order valence-electron chi connectivity index (χ4n) is 1.11. The van der Waals surface area contributed by atoms with Gasteiger partial charge in [0.1, 0.15) is 6.54 Å². The third kappa shape index (κ3) is 1.55. The summed E-state index contributed by atoms with van der Waals surface area (Å²) in [4.78, 5) is 0. The van der Waals surface area contributed by atoms with E-state index >= 15 is 0 Å². The second-order valence-corrected chi connectivity index (χ2v) is 5.16. The summed E-state index contributed by atoms with van der Waals surface area (Å²) in [7, 11) is 0. The van der Waals surface area contributed by atoms with Crippen molar-refractivity contribution in [1.82, 2.24) is 5.32 Å². The molecular weight excluding hydrogens is 196 g/mol. The Balaban J connectivity index is 2.23. The van der Waals surface area contributed by atoms with Crippen molar-refractivity contribution >= 4 is 45.2 Å². The van der Waals surface area contributed by atoms with Crippen molar-refractivity contribution in [3.63, 3.8) is 0 Å². The summed E-state index contributed by atoms with van der Waals surface area (Å²) in [6, 6.07) is 0. The summed E-state index contributed by atoms with van der Waals surface area (Å²) >= 11 is 8.84. The van der Waals surface area contributed by atoms with Crippen molar-refractivity contribution < 1.29 is 4.58 Å². The quantitative estimate of drug-likeness (QED) is 0.463. The average molecular weight is 205 g/mol. The Morgan fingerprint density at radius 3 is 2.82 bits per heavy atom. The van der Waals surface area contributed by atoms with Crippen LogP contribution in [0.5, 0.6) is 0 Å². The zero-order valence-corrected chi connectivity index (χ0v) is 8.45. The van der Waals surface area contributed by atoms with Gasteiger partial charge in [-0.05, 0) is 24.0 Å². The Bertz CT molecular complexity index is 216. The highest BCUT2D eigenvalue weighted by atomic mass is 32.2. The molecule has 2 rings (SSSR count). The predicted octanol–water partition coefficient (Wildman–Crippen LogP) is 0.723. The standard InChI is InChI=1S/C6H8N2S3/c9-6-8(2-4-11-6)5-7-1-3-10-5/h1-4H2/p+1. The molecule has 2 nitrogen and oxygen atoms in total. The highest BCUT2D eigenvalue weighted by molar-refractivity contribution is 8.22. The Morgan fingerprint density at radius 2 is 2.27 bits per heavy atom. The molecule has 1 N–H and O–H groups in total. The van der Waals surface area contributed by atoms with Gasteiger partial charge in [0.05, 0.1) is 6.54 Å². The molecule has 0 amide bonds. The van der Waals surface area contributed by atoms with E-state index in [-0.39, 0.29) is 0 Å². The summed E-state index contributed by atoms with van der Waals surface area (Å²) < 4.78 is 3.24. The van der Waals surface area contributed by atoms with Gasteiger partial charge in [0.2, 0.25) is 4.32 Å². The van der Waals surface area contributed by atoms with Crippen LogP contribution in [0.2, 0.25) is 0 Å². The summed E-state index contributed by atoms with van der Waals surface area (Å²) in [6.07, 6.45) is 0. The first-order chi connectivity index (χ1) is 5.38. The molecular formula is C6H9N2S3+. The van der Waals surface area contributed by atoms with Gasteiger partial charge in [-0.1, -0.05) is 11.8 Å². The molecule has 2 saturated heterocycles. The number of nitrogens with one attached hydrogen (secondary N) is 1. The Labute approximate surface area is 79.8 Å². The number of amidine groups is 1. The fraction of sp³-hybridized carbons (Fsp3) is 0.667. The van der Waals surface area contributed by atoms with E-state index in [4.69, 9.17) is 12.2 Å². The van der Waals surface area contributed by atoms with Crippen LogP contribution in [0.25, 0.3) is 0 Å². The maximum absolute atomic E-state index is 5.19. The van der Waals surface area contributed by atoms with E-state index < -0.39 is 0 Å². The molecule has 2 aliphatic rings. The zero-order chi connectivity index (χ0) is 7.68. The molecule has 0 radical (unpaired) electrons. The largest absolute Gasteiger partial charge is 0.312 e. The average Bonchev–Trinajstić information content (AvgIpc) is 2.55. The lowest BCUT2D eigenvalue weighted by Crippen LogP contribution is -2.27. The first-order valence-electron chi connectivity index (χ1n) is 3.56. The smallest absolute Gasteiger partial charge is 0.268 e. The molecule has 2 aliphatic heterocycles. The third-order valence-electron chi connectivity index (χ3n) is 1.62. The molecule has 0 aromatic carbocycles. The monoisotopic (exact) mass is 205 g/mol. The lowest BCUT2D eigenvalue weighted by Gasteiger charge is -1.96. The van der Waals surface area contributed by atoms with Crippen molar-refractivity contribution in [2.45, 2.75) is 0 Å². The van der Waals surface area contributed by atoms with E-state index in [2.05, 4.69) is 9.89 Å². The van der Waals surface area contributed by atoms with E-state index in [1.54, 1.807) is 11.8 Å². The molecule has 0 atom stereocenters. The minimum absolute atomic E-state index is 1.03. The molecule has 0 aromatic heterocycles. The molecule has 60 valence electrons. The maximum Gasteiger partial charge on any atom is 0.312 e. The van der Waals surface area contributed by atoms with Crippen LogP contribution in [0.4, 0.5) is 0 Å². The van der Waals surface area contributed by atoms with Gasteiger partial charge < -0.3 is 0 Å². The van der Waals surface area contributed by atoms with Crippen LogP contribution >= 0.6 is 35.7 Å². The van der Waals surface area contributed by atoms with Crippen molar-refractivity contribution in [3.8, 4) is 0 Å². The van der Waals surface area contributed by atoms with Crippen molar-refractivity contribution in [2.24, 2.45) is 0 Å². The van der Waals surface area contributed by atoms with Crippen molar-refractivity contribution in [3.05, 3.63) is 0 Å². The van der Waals surface area contributed by atoms with Gasteiger partial charge in [0.15, 0.2) is 0 Å². The van der Waals surface area contributed by atoms with Gasteiger partial charge in [0, 0.05) is 11.5 Å². The van der Waals surface area contributed by atoms with Crippen LogP contribution in [0.1, 0.15) is 0 Å². The summed E-state index contributed by atoms with van der Waals surface area (Å²) in [5.74, 6) is 2.32. The molecule has 2 heterocycles. The molecule has 5 heteroatoms. The van der Waals surface area contributed by atoms with Crippen LogP contribution < -0.4 is 5.32 Å². The van der Waals surface area contributed by atoms with E-state index in [1.165, 1.54) is 10.9 Å². The predicted molar refractivity (Wildman–Crippen MR) is 55.7 cm³/mol. The molecule has 0 bridgehead atoms. The van der Waals surface area contributed by atoms with Gasteiger partial charge in [-0.25, -0.2) is 4.58 Å². The Kier molecular flexibility index (Phi) is 2.39. The molecule has 2 fully saturated rings. The van der Waals surface area contributed by atoms with Crippen LogP contribution in [-0.4, -0.2) is 38.7 Å². The zero-order valence-electron chi connectivity index (χ0n) is 6.00. The summed E-state index contributed by atoms with van der Waals surface area (Å²) in [5, 5.41) is 4.60. The van der Waals surface area contributed by atoms with E-state index in [1.807, 2.05) is 11.8 Å². The van der Waals surface area contributed by atoms with E-state index in [9.17, 15) is 0 Å². The van der Waals surface area contributed by atoms with E-state index in [0.29, 0.717) is 0 Å². The second kappa shape index (κ2) is 3.33. The first-order valence-corrected chi connectivity index (χ1v) is 5.94. The van der Waals surface area contributed by atoms with E-state index in [0.717, 1.165) is 23.2 Å². The number of hydrogen-bond donors (Lipinski definition) is 1. The lowest BCUT2D eigenvalue weighted by molar-refractivity contribution is -0.386. The second-order valence-electron chi connectivity index (χ2n) is 2.35. The van der Waals surface area contributed by atoms with Gasteiger partial charge in [-0.3, -0.25) is 5.32 Å². The van der Waals surface area contributed by atoms with Crippen molar-refractivity contribution in [2.75, 3.05) is 24.6 Å². The highest BCUT2D eigenvalue weighted by Crippen LogP contribution is 2.17. The fourth-order valence-corrected chi connectivity index (χ4v) is 3.38. The lowest BCUT2D eigenvalue weighted by atomic mass is 10.7.